The van der Waals surface area contributed by atoms with Gasteiger partial charge in [-0.25, -0.2) is 4.79 Å². The zero-order valence-electron chi connectivity index (χ0n) is 16.0. The van der Waals surface area contributed by atoms with Crippen LogP contribution in [0, 0.1) is 0 Å². The van der Waals surface area contributed by atoms with Crippen LogP contribution in [-0.2, 0) is 9.53 Å². The van der Waals surface area contributed by atoms with Crippen molar-refractivity contribution in [2.75, 3.05) is 6.61 Å². The molecule has 0 aromatic carbocycles. The number of aliphatic hydroxyl groups is 4. The van der Waals surface area contributed by atoms with Gasteiger partial charge in [0.2, 0.25) is 5.79 Å². The molecule has 25 heavy (non-hydrogen) atoms. The Morgan fingerprint density at radius 2 is 1.36 bits per heavy atom. The van der Waals surface area contributed by atoms with Crippen LogP contribution in [-0.4, -0.2) is 51.0 Å². The molecule has 0 aliphatic rings. The molecule has 3 unspecified atom stereocenters. The second kappa shape index (κ2) is 14.5. The minimum absolute atomic E-state index is 0.300. The number of rotatable bonds is 16. The highest BCUT2D eigenvalue weighted by molar-refractivity contribution is 5.75. The van der Waals surface area contributed by atoms with E-state index in [1.807, 2.05) is 0 Å². The summed E-state index contributed by atoms with van der Waals surface area (Å²) < 4.78 is 4.53. The quantitative estimate of drug-likeness (QED) is 0.191. The molecule has 0 radical (unpaired) electrons. The molecule has 0 aliphatic heterocycles. The maximum atomic E-state index is 11.6. The first-order valence-electron chi connectivity index (χ1n) is 9.76. The van der Waals surface area contributed by atoms with Crippen molar-refractivity contribution < 1.29 is 30.0 Å². The van der Waals surface area contributed by atoms with E-state index in [1.165, 1.54) is 51.4 Å². The van der Waals surface area contributed by atoms with Crippen LogP contribution in [0.5, 0.6) is 0 Å². The molecule has 0 aromatic rings. The molecule has 6 heteroatoms. The van der Waals surface area contributed by atoms with Gasteiger partial charge in [-0.15, -0.1) is 0 Å². The van der Waals surface area contributed by atoms with Crippen LogP contribution in [0.25, 0.3) is 0 Å². The number of esters is 1. The Morgan fingerprint density at radius 1 is 0.920 bits per heavy atom. The van der Waals surface area contributed by atoms with Crippen LogP contribution in [0.1, 0.15) is 90.9 Å². The highest BCUT2D eigenvalue weighted by atomic mass is 16.7. The predicted molar refractivity (Wildman–Crippen MR) is 96.9 cm³/mol. The first-order valence-corrected chi connectivity index (χ1v) is 9.76. The van der Waals surface area contributed by atoms with Gasteiger partial charge in [0.1, 0.15) is 6.61 Å². The van der Waals surface area contributed by atoms with Gasteiger partial charge in [0, 0.05) is 6.92 Å². The van der Waals surface area contributed by atoms with Gasteiger partial charge < -0.3 is 25.2 Å². The van der Waals surface area contributed by atoms with E-state index >= 15 is 0 Å². The van der Waals surface area contributed by atoms with Crippen molar-refractivity contribution in [2.24, 2.45) is 0 Å². The molecule has 0 amide bonds. The van der Waals surface area contributed by atoms with Gasteiger partial charge in [-0.1, -0.05) is 77.6 Å². The van der Waals surface area contributed by atoms with Crippen LogP contribution < -0.4 is 0 Å². The molecule has 0 heterocycles. The SMILES string of the molecule is CCCCCCCCCCCCCC(O)C(O)C(=O)OC(C)(O)CO. The van der Waals surface area contributed by atoms with Gasteiger partial charge >= 0.3 is 5.97 Å². The van der Waals surface area contributed by atoms with Crippen molar-refractivity contribution in [3.63, 3.8) is 0 Å². The van der Waals surface area contributed by atoms with E-state index in [0.717, 1.165) is 26.2 Å². The van der Waals surface area contributed by atoms with Crippen LogP contribution in [0.4, 0.5) is 0 Å². The Morgan fingerprint density at radius 3 is 1.80 bits per heavy atom. The van der Waals surface area contributed by atoms with E-state index in [4.69, 9.17) is 5.11 Å². The normalized spacial score (nSPS) is 16.2. The minimum atomic E-state index is -2.05. The van der Waals surface area contributed by atoms with Crippen molar-refractivity contribution in [3.8, 4) is 0 Å². The van der Waals surface area contributed by atoms with E-state index in [-0.39, 0.29) is 0 Å². The van der Waals surface area contributed by atoms with E-state index < -0.39 is 30.6 Å². The molecular weight excluding hydrogens is 324 g/mol. The minimum Gasteiger partial charge on any atom is -0.429 e. The van der Waals surface area contributed by atoms with Gasteiger partial charge in [0.15, 0.2) is 6.10 Å². The molecule has 4 N–H and O–H groups in total. The Kier molecular flexibility index (Phi) is 14.1. The lowest BCUT2D eigenvalue weighted by Crippen LogP contribution is -2.43. The molecule has 0 fully saturated rings. The van der Waals surface area contributed by atoms with Crippen LogP contribution >= 0.6 is 0 Å². The molecular formula is C19H38O6. The van der Waals surface area contributed by atoms with E-state index in [9.17, 15) is 20.1 Å². The largest absolute Gasteiger partial charge is 0.429 e. The molecule has 0 bridgehead atoms. The average molecular weight is 363 g/mol. The molecule has 0 aliphatic carbocycles. The molecule has 0 rings (SSSR count). The highest BCUT2D eigenvalue weighted by Gasteiger charge is 2.32. The number of carbonyl (C=O) groups excluding carboxylic acids is 1. The number of carbonyl (C=O) groups is 1. The predicted octanol–water partition coefficient (Wildman–Crippen LogP) is 2.65. The number of unbranched alkanes of at least 4 members (excludes halogenated alkanes) is 10. The van der Waals surface area contributed by atoms with Crippen molar-refractivity contribution in [1.82, 2.24) is 0 Å². The number of hydrogen-bond acceptors (Lipinski definition) is 6. The summed E-state index contributed by atoms with van der Waals surface area (Å²) in [5, 5.41) is 37.7. The van der Waals surface area contributed by atoms with Gasteiger partial charge in [0.05, 0.1) is 6.10 Å². The second-order valence-corrected chi connectivity index (χ2v) is 7.09. The number of ether oxygens (including phenoxy) is 1. The summed E-state index contributed by atoms with van der Waals surface area (Å²) in [6.45, 7) is 2.55. The lowest BCUT2D eigenvalue weighted by Gasteiger charge is -2.24. The maximum Gasteiger partial charge on any atom is 0.340 e. The Bertz CT molecular complexity index is 332. The highest BCUT2D eigenvalue weighted by Crippen LogP contribution is 2.14. The molecule has 3 atom stereocenters. The van der Waals surface area contributed by atoms with Crippen molar-refractivity contribution in [1.29, 1.82) is 0 Å². The molecule has 6 nitrogen and oxygen atoms in total. The van der Waals surface area contributed by atoms with E-state index in [2.05, 4.69) is 11.7 Å². The lowest BCUT2D eigenvalue weighted by molar-refractivity contribution is -0.224. The first kappa shape index (κ1) is 24.3. The van der Waals surface area contributed by atoms with Crippen LogP contribution in [0.2, 0.25) is 0 Å². The summed E-state index contributed by atoms with van der Waals surface area (Å²) in [4.78, 5) is 11.6. The van der Waals surface area contributed by atoms with Crippen LogP contribution in [0.3, 0.4) is 0 Å². The maximum absolute atomic E-state index is 11.6. The third-order valence-corrected chi connectivity index (χ3v) is 4.32. The fraction of sp³-hybridized carbons (Fsp3) is 0.947. The standard InChI is InChI=1S/C19H38O6/c1-3-4-5-6-7-8-9-10-11-12-13-14-16(21)17(22)18(23)25-19(2,24)15-20/h16-17,20-22,24H,3-15H2,1-2H3. The fourth-order valence-electron chi connectivity index (χ4n) is 2.64. The summed E-state index contributed by atoms with van der Waals surface area (Å²) in [6.07, 6.45) is 10.4. The Balaban J connectivity index is 3.62. The third-order valence-electron chi connectivity index (χ3n) is 4.32. The summed E-state index contributed by atoms with van der Waals surface area (Å²) >= 11 is 0. The van der Waals surface area contributed by atoms with E-state index in [0.29, 0.717) is 6.42 Å². The number of aliphatic hydroxyl groups excluding tert-OH is 3. The van der Waals surface area contributed by atoms with Crippen molar-refractivity contribution >= 4 is 5.97 Å². The summed E-state index contributed by atoms with van der Waals surface area (Å²) in [7, 11) is 0. The Hall–Kier alpha value is -0.690. The molecule has 0 aromatic heterocycles. The van der Waals surface area contributed by atoms with Crippen molar-refractivity contribution in [2.45, 2.75) is 109 Å². The first-order chi connectivity index (χ1) is 11.8. The van der Waals surface area contributed by atoms with Gasteiger partial charge in [0.25, 0.3) is 0 Å². The van der Waals surface area contributed by atoms with Gasteiger partial charge in [-0.3, -0.25) is 0 Å². The van der Waals surface area contributed by atoms with Crippen molar-refractivity contribution in [3.05, 3.63) is 0 Å². The smallest absolute Gasteiger partial charge is 0.340 e. The lowest BCUT2D eigenvalue weighted by atomic mass is 10.0. The molecule has 0 saturated heterocycles. The summed E-state index contributed by atoms with van der Waals surface area (Å²) in [6, 6.07) is 0. The van der Waals surface area contributed by atoms with Crippen LogP contribution in [0.15, 0.2) is 0 Å². The molecule has 0 spiro atoms. The number of hydrogen-bond donors (Lipinski definition) is 4. The van der Waals surface area contributed by atoms with Gasteiger partial charge in [-0.2, -0.15) is 0 Å². The topological polar surface area (TPSA) is 107 Å². The third kappa shape index (κ3) is 13.2. The molecule has 0 saturated carbocycles. The summed E-state index contributed by atoms with van der Waals surface area (Å²) in [5.74, 6) is -3.18. The van der Waals surface area contributed by atoms with E-state index in [1.54, 1.807) is 0 Å². The fourth-order valence-corrected chi connectivity index (χ4v) is 2.64. The zero-order valence-corrected chi connectivity index (χ0v) is 16.0. The summed E-state index contributed by atoms with van der Waals surface area (Å²) in [5.41, 5.74) is 0. The zero-order chi connectivity index (χ0) is 19.1. The monoisotopic (exact) mass is 362 g/mol. The average Bonchev–Trinajstić information content (AvgIpc) is 2.58. The second-order valence-electron chi connectivity index (χ2n) is 7.09. The van der Waals surface area contributed by atoms with Gasteiger partial charge in [-0.05, 0) is 6.42 Å². The Labute approximate surface area is 152 Å². The molecule has 150 valence electrons.